The molecule has 5 heteroatoms. The van der Waals surface area contributed by atoms with Crippen LogP contribution in [0.1, 0.15) is 37.4 Å². The van der Waals surface area contributed by atoms with Crippen LogP contribution in [0.5, 0.6) is 0 Å². The van der Waals surface area contributed by atoms with Crippen molar-refractivity contribution >= 4 is 17.5 Å². The fourth-order valence-corrected chi connectivity index (χ4v) is 3.74. The standard InChI is InChI=1S/C18H25ClN2O2/c19-16-7-5-14(6-8-16)17(22)13-20-9-11-21(12-10-20)18(23)15-3-1-2-4-15/h5-8,15,17,22H,1-4,9-13H2. The van der Waals surface area contributed by atoms with Crippen molar-refractivity contribution < 1.29 is 9.90 Å². The first kappa shape index (κ1) is 16.7. The van der Waals surface area contributed by atoms with Crippen LogP contribution in [0.3, 0.4) is 0 Å². The summed E-state index contributed by atoms with van der Waals surface area (Å²) in [7, 11) is 0. The van der Waals surface area contributed by atoms with Gasteiger partial charge in [0.05, 0.1) is 6.10 Å². The summed E-state index contributed by atoms with van der Waals surface area (Å²) < 4.78 is 0. The first-order valence-corrected chi connectivity index (χ1v) is 8.96. The summed E-state index contributed by atoms with van der Waals surface area (Å²) in [6.07, 6.45) is 4.01. The summed E-state index contributed by atoms with van der Waals surface area (Å²) >= 11 is 5.88. The first-order valence-electron chi connectivity index (χ1n) is 8.58. The average molecular weight is 337 g/mol. The lowest BCUT2D eigenvalue weighted by molar-refractivity contribution is -0.137. The maximum atomic E-state index is 12.4. The molecule has 1 saturated carbocycles. The summed E-state index contributed by atoms with van der Waals surface area (Å²) in [6.45, 7) is 3.84. The molecule has 1 N–H and O–H groups in total. The number of carbonyl (C=O) groups is 1. The highest BCUT2D eigenvalue weighted by atomic mass is 35.5. The zero-order valence-corrected chi connectivity index (χ0v) is 14.2. The van der Waals surface area contributed by atoms with Crippen LogP contribution in [0.2, 0.25) is 5.02 Å². The van der Waals surface area contributed by atoms with Gasteiger partial charge in [0.1, 0.15) is 0 Å². The maximum absolute atomic E-state index is 12.4. The van der Waals surface area contributed by atoms with Crippen molar-refractivity contribution in [3.05, 3.63) is 34.9 Å². The fraction of sp³-hybridized carbons (Fsp3) is 0.611. The van der Waals surface area contributed by atoms with Crippen molar-refractivity contribution in [2.75, 3.05) is 32.7 Å². The van der Waals surface area contributed by atoms with Gasteiger partial charge in [0.25, 0.3) is 0 Å². The molecule has 2 fully saturated rings. The van der Waals surface area contributed by atoms with Gasteiger partial charge in [-0.25, -0.2) is 0 Å². The molecule has 1 aliphatic carbocycles. The minimum atomic E-state index is -0.510. The van der Waals surface area contributed by atoms with Crippen LogP contribution in [-0.4, -0.2) is 53.5 Å². The van der Waals surface area contributed by atoms with E-state index >= 15 is 0 Å². The maximum Gasteiger partial charge on any atom is 0.225 e. The van der Waals surface area contributed by atoms with Gasteiger partial charge >= 0.3 is 0 Å². The number of nitrogens with zero attached hydrogens (tertiary/aromatic N) is 2. The normalized spacial score (nSPS) is 21.6. The highest BCUT2D eigenvalue weighted by molar-refractivity contribution is 6.30. The predicted octanol–water partition coefficient (Wildman–Crippen LogP) is 2.71. The molecule has 4 nitrogen and oxygen atoms in total. The van der Waals surface area contributed by atoms with Gasteiger partial charge in [-0.05, 0) is 30.5 Å². The van der Waals surface area contributed by atoms with Crippen molar-refractivity contribution in [3.8, 4) is 0 Å². The van der Waals surface area contributed by atoms with E-state index < -0.39 is 6.10 Å². The Hall–Kier alpha value is -1.10. The van der Waals surface area contributed by atoms with Gasteiger partial charge < -0.3 is 10.0 Å². The minimum absolute atomic E-state index is 0.265. The van der Waals surface area contributed by atoms with Crippen LogP contribution in [-0.2, 0) is 4.79 Å². The number of piperazine rings is 1. The van der Waals surface area contributed by atoms with Crippen molar-refractivity contribution in [3.63, 3.8) is 0 Å². The first-order chi connectivity index (χ1) is 11.1. The number of hydrogen-bond donors (Lipinski definition) is 1. The van der Waals surface area contributed by atoms with Crippen molar-refractivity contribution in [2.24, 2.45) is 5.92 Å². The molecular formula is C18H25ClN2O2. The van der Waals surface area contributed by atoms with Gasteiger partial charge in [-0.2, -0.15) is 0 Å². The Morgan fingerprint density at radius 3 is 2.35 bits per heavy atom. The second-order valence-electron chi connectivity index (χ2n) is 6.67. The Kier molecular flexibility index (Phi) is 5.57. The molecule has 2 aliphatic rings. The second-order valence-corrected chi connectivity index (χ2v) is 7.11. The molecular weight excluding hydrogens is 312 g/mol. The number of amides is 1. The van der Waals surface area contributed by atoms with Crippen LogP contribution < -0.4 is 0 Å². The van der Waals surface area contributed by atoms with E-state index in [1.165, 1.54) is 12.8 Å². The van der Waals surface area contributed by atoms with Gasteiger partial charge in [0.15, 0.2) is 0 Å². The molecule has 0 spiro atoms. The van der Waals surface area contributed by atoms with Crippen molar-refractivity contribution in [1.82, 2.24) is 9.80 Å². The number of β-amino-alcohol motifs (C(OH)–C–C–N with tert-alkyl or cyclic N) is 1. The fourth-order valence-electron chi connectivity index (χ4n) is 3.62. The summed E-state index contributed by atoms with van der Waals surface area (Å²) in [5.74, 6) is 0.613. The molecule has 3 rings (SSSR count). The highest BCUT2D eigenvalue weighted by Crippen LogP contribution is 2.27. The molecule has 0 aromatic heterocycles. The third-order valence-corrected chi connectivity index (χ3v) is 5.33. The topological polar surface area (TPSA) is 43.8 Å². The van der Waals surface area contributed by atoms with Crippen LogP contribution in [0.15, 0.2) is 24.3 Å². The number of rotatable bonds is 4. The molecule has 1 atom stereocenters. The number of halogens is 1. The third kappa shape index (κ3) is 4.25. The summed E-state index contributed by atoms with van der Waals surface area (Å²) in [4.78, 5) is 16.7. The molecule has 126 valence electrons. The Labute approximate surface area is 143 Å². The summed E-state index contributed by atoms with van der Waals surface area (Å²) in [5, 5.41) is 11.0. The van der Waals surface area contributed by atoms with E-state index in [-0.39, 0.29) is 5.92 Å². The Balaban J connectivity index is 1.47. The van der Waals surface area contributed by atoms with Gasteiger partial charge in [-0.1, -0.05) is 36.6 Å². The number of aliphatic hydroxyl groups excluding tert-OH is 1. The van der Waals surface area contributed by atoms with Gasteiger partial charge in [0, 0.05) is 43.7 Å². The molecule has 1 aliphatic heterocycles. The Morgan fingerprint density at radius 2 is 1.74 bits per heavy atom. The number of benzene rings is 1. The van der Waals surface area contributed by atoms with E-state index in [1.54, 1.807) is 12.1 Å². The summed E-state index contributed by atoms with van der Waals surface area (Å²) in [5.41, 5.74) is 0.888. The van der Waals surface area contributed by atoms with Gasteiger partial charge in [-0.3, -0.25) is 9.69 Å². The smallest absolute Gasteiger partial charge is 0.225 e. The monoisotopic (exact) mass is 336 g/mol. The van der Waals surface area contributed by atoms with E-state index in [0.717, 1.165) is 44.6 Å². The molecule has 1 aromatic rings. The SMILES string of the molecule is O=C(C1CCCC1)N1CCN(CC(O)c2ccc(Cl)cc2)CC1. The quantitative estimate of drug-likeness (QED) is 0.919. The molecule has 1 heterocycles. The lowest BCUT2D eigenvalue weighted by atomic mass is 10.1. The van der Waals surface area contributed by atoms with E-state index in [1.807, 2.05) is 17.0 Å². The molecule has 1 unspecified atom stereocenters. The van der Waals surface area contributed by atoms with Crippen molar-refractivity contribution in [1.29, 1.82) is 0 Å². The van der Waals surface area contributed by atoms with Gasteiger partial charge in [0.2, 0.25) is 5.91 Å². The predicted molar refractivity (Wildman–Crippen MR) is 91.4 cm³/mol. The number of hydrogen-bond acceptors (Lipinski definition) is 3. The van der Waals surface area contributed by atoms with Crippen molar-refractivity contribution in [2.45, 2.75) is 31.8 Å². The van der Waals surface area contributed by atoms with Gasteiger partial charge in [-0.15, -0.1) is 0 Å². The molecule has 23 heavy (non-hydrogen) atoms. The molecule has 0 bridgehead atoms. The second kappa shape index (κ2) is 7.65. The molecule has 1 aromatic carbocycles. The van der Waals surface area contributed by atoms with Crippen LogP contribution in [0.25, 0.3) is 0 Å². The van der Waals surface area contributed by atoms with Crippen LogP contribution >= 0.6 is 11.6 Å². The zero-order valence-electron chi connectivity index (χ0n) is 13.5. The Morgan fingerprint density at radius 1 is 1.13 bits per heavy atom. The minimum Gasteiger partial charge on any atom is -0.387 e. The lowest BCUT2D eigenvalue weighted by Crippen LogP contribution is -2.50. The van der Waals surface area contributed by atoms with E-state index in [2.05, 4.69) is 4.90 Å². The third-order valence-electron chi connectivity index (χ3n) is 5.07. The molecule has 1 saturated heterocycles. The Bertz CT molecular complexity index is 520. The van der Waals surface area contributed by atoms with E-state index in [9.17, 15) is 9.90 Å². The van der Waals surface area contributed by atoms with Crippen LogP contribution in [0, 0.1) is 5.92 Å². The zero-order chi connectivity index (χ0) is 16.2. The molecule has 0 radical (unpaired) electrons. The summed E-state index contributed by atoms with van der Waals surface area (Å²) in [6, 6.07) is 7.34. The van der Waals surface area contributed by atoms with E-state index in [4.69, 9.17) is 11.6 Å². The molecule has 1 amide bonds. The largest absolute Gasteiger partial charge is 0.387 e. The number of carbonyl (C=O) groups excluding carboxylic acids is 1. The number of aliphatic hydroxyl groups is 1. The highest BCUT2D eigenvalue weighted by Gasteiger charge is 2.29. The van der Waals surface area contributed by atoms with E-state index in [0.29, 0.717) is 17.5 Å². The van der Waals surface area contributed by atoms with Crippen LogP contribution in [0.4, 0.5) is 0 Å². The average Bonchev–Trinajstić information content (AvgIpc) is 3.10. The lowest BCUT2D eigenvalue weighted by Gasteiger charge is -2.36.